The van der Waals surface area contributed by atoms with E-state index < -0.39 is 0 Å². The van der Waals surface area contributed by atoms with E-state index in [0.29, 0.717) is 0 Å². The van der Waals surface area contributed by atoms with E-state index in [9.17, 15) is 0 Å². The number of hydrogen-bond acceptors (Lipinski definition) is 1. The highest BCUT2D eigenvalue weighted by Crippen LogP contribution is 2.39. The average Bonchev–Trinajstić information content (AvgIpc) is 2.34. The van der Waals surface area contributed by atoms with Crippen molar-refractivity contribution in [2.24, 2.45) is 23.7 Å². The van der Waals surface area contributed by atoms with E-state index >= 15 is 0 Å². The van der Waals surface area contributed by atoms with E-state index in [0.717, 1.165) is 36.6 Å². The SMILES string of the molecule is C#CCCC1CC(C(C)C)CCC1CNCC. The third kappa shape index (κ3) is 4.72. The van der Waals surface area contributed by atoms with Gasteiger partial charge in [0.15, 0.2) is 0 Å². The summed E-state index contributed by atoms with van der Waals surface area (Å²) in [6.07, 6.45) is 11.8. The Morgan fingerprint density at radius 1 is 1.29 bits per heavy atom. The van der Waals surface area contributed by atoms with E-state index in [1.54, 1.807) is 0 Å². The average molecular weight is 235 g/mol. The Bertz CT molecular complexity index is 238. The van der Waals surface area contributed by atoms with Crippen LogP contribution in [0.15, 0.2) is 0 Å². The molecule has 1 fully saturated rings. The highest BCUT2D eigenvalue weighted by Gasteiger charge is 2.30. The van der Waals surface area contributed by atoms with Gasteiger partial charge in [-0.25, -0.2) is 0 Å². The first kappa shape index (κ1) is 14.6. The monoisotopic (exact) mass is 235 g/mol. The van der Waals surface area contributed by atoms with Crippen molar-refractivity contribution in [3.05, 3.63) is 0 Å². The van der Waals surface area contributed by atoms with Crippen molar-refractivity contribution in [1.82, 2.24) is 5.32 Å². The molecular weight excluding hydrogens is 206 g/mol. The summed E-state index contributed by atoms with van der Waals surface area (Å²) in [5.74, 6) is 6.29. The van der Waals surface area contributed by atoms with Gasteiger partial charge < -0.3 is 5.32 Å². The largest absolute Gasteiger partial charge is 0.317 e. The van der Waals surface area contributed by atoms with Crippen LogP contribution in [0.2, 0.25) is 0 Å². The maximum absolute atomic E-state index is 5.42. The molecule has 0 saturated heterocycles. The third-order valence-electron chi connectivity index (χ3n) is 4.44. The second kappa shape index (κ2) is 7.77. The van der Waals surface area contributed by atoms with Crippen molar-refractivity contribution < 1.29 is 0 Å². The lowest BCUT2D eigenvalue weighted by atomic mass is 9.69. The minimum Gasteiger partial charge on any atom is -0.317 e. The summed E-state index contributed by atoms with van der Waals surface area (Å²) < 4.78 is 0. The van der Waals surface area contributed by atoms with Gasteiger partial charge in [-0.05, 0) is 62.4 Å². The lowest BCUT2D eigenvalue weighted by Crippen LogP contribution is -2.34. The van der Waals surface area contributed by atoms with Gasteiger partial charge in [0, 0.05) is 6.42 Å². The van der Waals surface area contributed by atoms with Crippen LogP contribution in [0, 0.1) is 36.0 Å². The number of terminal acetylenes is 1. The molecule has 0 radical (unpaired) electrons. The first-order valence-corrected chi connectivity index (χ1v) is 7.33. The number of hydrogen-bond donors (Lipinski definition) is 1. The van der Waals surface area contributed by atoms with Gasteiger partial charge in [-0.3, -0.25) is 0 Å². The molecule has 3 unspecified atom stereocenters. The molecule has 98 valence electrons. The third-order valence-corrected chi connectivity index (χ3v) is 4.44. The van der Waals surface area contributed by atoms with Crippen LogP contribution in [0.5, 0.6) is 0 Å². The van der Waals surface area contributed by atoms with Crippen molar-refractivity contribution in [2.75, 3.05) is 13.1 Å². The standard InChI is InChI=1S/C16H29N/c1-5-7-8-15-11-14(13(3)4)9-10-16(15)12-17-6-2/h1,13-17H,6-12H2,2-4H3. The highest BCUT2D eigenvalue weighted by molar-refractivity contribution is 4.88. The quantitative estimate of drug-likeness (QED) is 0.692. The van der Waals surface area contributed by atoms with Crippen LogP contribution in [0.3, 0.4) is 0 Å². The molecule has 1 aliphatic rings. The molecule has 0 aromatic heterocycles. The van der Waals surface area contributed by atoms with Crippen LogP contribution in [0.4, 0.5) is 0 Å². The molecule has 17 heavy (non-hydrogen) atoms. The second-order valence-electron chi connectivity index (χ2n) is 5.89. The minimum atomic E-state index is 0.837. The molecule has 0 heterocycles. The summed E-state index contributed by atoms with van der Waals surface area (Å²) in [5.41, 5.74) is 0. The van der Waals surface area contributed by atoms with E-state index in [2.05, 4.69) is 32.0 Å². The molecule has 1 saturated carbocycles. The summed E-state index contributed by atoms with van der Waals surface area (Å²) in [6, 6.07) is 0. The smallest absolute Gasteiger partial charge is 0.00888 e. The fraction of sp³-hybridized carbons (Fsp3) is 0.875. The molecular formula is C16H29N. The van der Waals surface area contributed by atoms with Crippen LogP contribution in [0.1, 0.15) is 52.9 Å². The fourth-order valence-corrected chi connectivity index (χ4v) is 3.19. The summed E-state index contributed by atoms with van der Waals surface area (Å²) in [6.45, 7) is 9.21. The van der Waals surface area contributed by atoms with Crippen LogP contribution in [-0.2, 0) is 0 Å². The summed E-state index contributed by atoms with van der Waals surface area (Å²) in [4.78, 5) is 0. The minimum absolute atomic E-state index is 0.837. The molecule has 1 N–H and O–H groups in total. The Morgan fingerprint density at radius 3 is 2.65 bits per heavy atom. The highest BCUT2D eigenvalue weighted by atomic mass is 14.8. The van der Waals surface area contributed by atoms with Crippen molar-refractivity contribution in [2.45, 2.75) is 52.9 Å². The molecule has 0 aromatic carbocycles. The van der Waals surface area contributed by atoms with Crippen molar-refractivity contribution >= 4 is 0 Å². The van der Waals surface area contributed by atoms with E-state index in [1.165, 1.54) is 32.2 Å². The fourth-order valence-electron chi connectivity index (χ4n) is 3.19. The van der Waals surface area contributed by atoms with Crippen molar-refractivity contribution in [3.63, 3.8) is 0 Å². The molecule has 0 aromatic rings. The summed E-state index contributed by atoms with van der Waals surface area (Å²) >= 11 is 0. The van der Waals surface area contributed by atoms with Crippen molar-refractivity contribution in [3.8, 4) is 12.3 Å². The van der Waals surface area contributed by atoms with Gasteiger partial charge in [-0.15, -0.1) is 12.3 Å². The van der Waals surface area contributed by atoms with Gasteiger partial charge in [-0.2, -0.15) is 0 Å². The first-order valence-electron chi connectivity index (χ1n) is 7.33. The lowest BCUT2D eigenvalue weighted by molar-refractivity contribution is 0.139. The molecule has 1 aliphatic carbocycles. The molecule has 1 rings (SSSR count). The van der Waals surface area contributed by atoms with Gasteiger partial charge in [0.05, 0.1) is 0 Å². The van der Waals surface area contributed by atoms with Gasteiger partial charge in [0.1, 0.15) is 0 Å². The Balaban J connectivity index is 2.49. The maximum atomic E-state index is 5.42. The van der Waals surface area contributed by atoms with E-state index in [-0.39, 0.29) is 0 Å². The van der Waals surface area contributed by atoms with E-state index in [4.69, 9.17) is 6.42 Å². The molecule has 1 heteroatoms. The van der Waals surface area contributed by atoms with Crippen LogP contribution < -0.4 is 5.32 Å². The van der Waals surface area contributed by atoms with Crippen LogP contribution in [0.25, 0.3) is 0 Å². The molecule has 0 bridgehead atoms. The lowest BCUT2D eigenvalue weighted by Gasteiger charge is -2.38. The van der Waals surface area contributed by atoms with Gasteiger partial charge in [0.25, 0.3) is 0 Å². The predicted molar refractivity (Wildman–Crippen MR) is 75.8 cm³/mol. The molecule has 1 nitrogen and oxygen atoms in total. The van der Waals surface area contributed by atoms with E-state index in [1.807, 2.05) is 0 Å². The van der Waals surface area contributed by atoms with Gasteiger partial charge >= 0.3 is 0 Å². The first-order chi connectivity index (χ1) is 8.19. The molecule has 3 atom stereocenters. The zero-order valence-electron chi connectivity index (χ0n) is 11.8. The molecule has 0 aliphatic heterocycles. The predicted octanol–water partition coefficient (Wildman–Crippen LogP) is 3.70. The Hall–Kier alpha value is -0.480. The number of rotatable bonds is 6. The zero-order chi connectivity index (χ0) is 12.7. The maximum Gasteiger partial charge on any atom is 0.00888 e. The normalized spacial score (nSPS) is 29.2. The number of nitrogens with one attached hydrogen (secondary N) is 1. The molecule has 0 spiro atoms. The van der Waals surface area contributed by atoms with Crippen LogP contribution in [-0.4, -0.2) is 13.1 Å². The Morgan fingerprint density at radius 2 is 2.06 bits per heavy atom. The molecule has 0 amide bonds. The van der Waals surface area contributed by atoms with Crippen molar-refractivity contribution in [1.29, 1.82) is 0 Å². The van der Waals surface area contributed by atoms with Gasteiger partial charge in [-0.1, -0.05) is 20.8 Å². The van der Waals surface area contributed by atoms with Gasteiger partial charge in [0.2, 0.25) is 0 Å². The topological polar surface area (TPSA) is 12.0 Å². The summed E-state index contributed by atoms with van der Waals surface area (Å²) in [7, 11) is 0. The second-order valence-corrected chi connectivity index (χ2v) is 5.89. The Kier molecular flexibility index (Phi) is 6.66. The zero-order valence-corrected chi connectivity index (χ0v) is 11.8. The Labute approximate surface area is 108 Å². The summed E-state index contributed by atoms with van der Waals surface area (Å²) in [5, 5.41) is 3.52. The van der Waals surface area contributed by atoms with Crippen LogP contribution >= 0.6 is 0 Å².